The Morgan fingerprint density at radius 1 is 1.30 bits per heavy atom. The number of rotatable bonds is 5. The number of Topliss-reactive ketones (excluding diaryl/α,β-unsaturated/α-hetero) is 1. The summed E-state index contributed by atoms with van der Waals surface area (Å²) in [4.78, 5) is 30.2. The Kier molecular flexibility index (Phi) is 5.12. The summed E-state index contributed by atoms with van der Waals surface area (Å²) in [5.74, 6) is 0.612. The molecule has 0 atom stereocenters. The van der Waals surface area contributed by atoms with Gasteiger partial charge in [-0.05, 0) is 37.6 Å². The number of hydrogen-bond acceptors (Lipinski definition) is 6. The fourth-order valence-corrected chi connectivity index (χ4v) is 3.12. The number of amides is 1. The molecule has 3 rings (SSSR count). The summed E-state index contributed by atoms with van der Waals surface area (Å²) in [7, 11) is 1.51. The van der Waals surface area contributed by atoms with Crippen LogP contribution in [-0.2, 0) is 16.1 Å². The molecule has 0 bridgehead atoms. The van der Waals surface area contributed by atoms with E-state index in [2.05, 4.69) is 4.98 Å². The number of aromatic nitrogens is 1. The number of nitrogens with zero attached hydrogens (tertiary/aromatic N) is 2. The predicted molar refractivity (Wildman–Crippen MR) is 101 cm³/mol. The van der Waals surface area contributed by atoms with Gasteiger partial charge < -0.3 is 20.1 Å². The molecular formula is C20H21N3O4. The van der Waals surface area contributed by atoms with Crippen molar-refractivity contribution in [2.45, 2.75) is 20.4 Å². The molecule has 0 fully saturated rings. The fraction of sp³-hybridized carbons (Fsp3) is 0.250. The summed E-state index contributed by atoms with van der Waals surface area (Å²) in [6.45, 7) is 3.41. The number of anilines is 1. The van der Waals surface area contributed by atoms with Crippen LogP contribution < -0.4 is 20.1 Å². The molecular weight excluding hydrogens is 346 g/mol. The lowest BCUT2D eigenvalue weighted by Crippen LogP contribution is -2.38. The van der Waals surface area contributed by atoms with Crippen LogP contribution in [-0.4, -0.2) is 30.4 Å². The number of carbonyl (C=O) groups excluding carboxylic acids is 2. The lowest BCUT2D eigenvalue weighted by Gasteiger charge is -2.30. The van der Waals surface area contributed by atoms with Crippen molar-refractivity contribution in [1.29, 1.82) is 0 Å². The lowest BCUT2D eigenvalue weighted by molar-refractivity contribution is -0.121. The highest BCUT2D eigenvalue weighted by molar-refractivity contribution is 6.21. The van der Waals surface area contributed by atoms with Crippen molar-refractivity contribution in [1.82, 2.24) is 4.98 Å². The van der Waals surface area contributed by atoms with Gasteiger partial charge in [0.05, 0.1) is 19.3 Å². The number of fused-ring (bicyclic) bond motifs is 1. The zero-order valence-electron chi connectivity index (χ0n) is 15.5. The molecule has 0 spiro atoms. The first-order valence-electron chi connectivity index (χ1n) is 8.44. The molecule has 140 valence electrons. The quantitative estimate of drug-likeness (QED) is 0.815. The molecule has 2 heterocycles. The first kappa shape index (κ1) is 18.4. The average molecular weight is 367 g/mol. The predicted octanol–water partition coefficient (Wildman–Crippen LogP) is 2.29. The van der Waals surface area contributed by atoms with Gasteiger partial charge in [0.15, 0.2) is 12.4 Å². The van der Waals surface area contributed by atoms with E-state index < -0.39 is 0 Å². The molecule has 7 heteroatoms. The first-order chi connectivity index (χ1) is 12.9. The summed E-state index contributed by atoms with van der Waals surface area (Å²) in [6.07, 6.45) is 3.36. The van der Waals surface area contributed by atoms with Crippen LogP contribution in [0.15, 0.2) is 42.4 Å². The highest BCUT2D eigenvalue weighted by atomic mass is 16.5. The van der Waals surface area contributed by atoms with Crippen LogP contribution in [0.25, 0.3) is 5.57 Å². The van der Waals surface area contributed by atoms with Crippen LogP contribution in [0.5, 0.6) is 11.5 Å². The molecule has 0 aliphatic carbocycles. The largest absolute Gasteiger partial charge is 0.496 e. The number of allylic oxidation sites excluding steroid dienone is 2. The summed E-state index contributed by atoms with van der Waals surface area (Å²) in [5, 5.41) is 0. The van der Waals surface area contributed by atoms with Gasteiger partial charge in [-0.1, -0.05) is 0 Å². The van der Waals surface area contributed by atoms with E-state index in [-0.39, 0.29) is 18.3 Å². The molecule has 1 aliphatic rings. The average Bonchev–Trinajstić information content (AvgIpc) is 2.64. The second kappa shape index (κ2) is 7.49. The molecule has 1 aliphatic heterocycles. The zero-order valence-corrected chi connectivity index (χ0v) is 15.5. The number of methoxy groups -OCH3 is 1. The van der Waals surface area contributed by atoms with Gasteiger partial charge in [-0.25, -0.2) is 0 Å². The minimum Gasteiger partial charge on any atom is -0.496 e. The van der Waals surface area contributed by atoms with Gasteiger partial charge in [0.2, 0.25) is 0 Å². The highest BCUT2D eigenvalue weighted by Gasteiger charge is 2.29. The van der Waals surface area contributed by atoms with E-state index in [0.717, 1.165) is 5.56 Å². The van der Waals surface area contributed by atoms with Gasteiger partial charge >= 0.3 is 0 Å². The van der Waals surface area contributed by atoms with Crippen LogP contribution in [0.2, 0.25) is 0 Å². The summed E-state index contributed by atoms with van der Waals surface area (Å²) in [5.41, 5.74) is 8.74. The molecule has 0 saturated heterocycles. The molecule has 2 N–H and O–H groups in total. The molecule has 1 aromatic heterocycles. The molecule has 0 saturated carbocycles. The Hall–Kier alpha value is -3.35. The fourth-order valence-electron chi connectivity index (χ4n) is 3.12. The van der Waals surface area contributed by atoms with Gasteiger partial charge in [-0.3, -0.25) is 14.6 Å². The Morgan fingerprint density at radius 3 is 2.59 bits per heavy atom. The number of nitrogens with two attached hydrogens (primary N) is 1. The molecule has 2 aromatic rings. The van der Waals surface area contributed by atoms with Crippen molar-refractivity contribution in [2.24, 2.45) is 5.73 Å². The van der Waals surface area contributed by atoms with E-state index in [4.69, 9.17) is 15.2 Å². The number of benzene rings is 1. The van der Waals surface area contributed by atoms with Gasteiger partial charge in [0.25, 0.3) is 5.91 Å². The van der Waals surface area contributed by atoms with Crippen LogP contribution in [0.4, 0.5) is 5.69 Å². The topological polar surface area (TPSA) is 94.8 Å². The van der Waals surface area contributed by atoms with E-state index in [1.807, 2.05) is 12.1 Å². The van der Waals surface area contributed by atoms with Crippen LogP contribution in [0.1, 0.15) is 25.0 Å². The Labute approximate surface area is 157 Å². The number of hydrogen-bond donors (Lipinski definition) is 1. The maximum atomic E-state index is 12.5. The Morgan fingerprint density at radius 2 is 2.00 bits per heavy atom. The maximum absolute atomic E-state index is 12.5. The second-order valence-corrected chi connectivity index (χ2v) is 6.26. The second-order valence-electron chi connectivity index (χ2n) is 6.26. The minimum absolute atomic E-state index is 0.0788. The third-order valence-corrected chi connectivity index (χ3v) is 4.33. The first-order valence-corrected chi connectivity index (χ1v) is 8.44. The van der Waals surface area contributed by atoms with E-state index >= 15 is 0 Å². The maximum Gasteiger partial charge on any atom is 0.265 e. The minimum atomic E-state index is -0.172. The summed E-state index contributed by atoms with van der Waals surface area (Å²) < 4.78 is 11.1. The van der Waals surface area contributed by atoms with Crippen LogP contribution in [0.3, 0.4) is 0 Å². The third-order valence-electron chi connectivity index (χ3n) is 4.33. The number of carbonyl (C=O) groups is 2. The van der Waals surface area contributed by atoms with Crippen molar-refractivity contribution in [2.75, 3.05) is 18.6 Å². The van der Waals surface area contributed by atoms with E-state index in [9.17, 15) is 9.59 Å². The Bertz CT molecular complexity index is 918. The normalized spacial score (nSPS) is 14.2. The standard InChI is InChI=1S/C20H21N3O4/c1-12(21)20(13(2)24)15-8-18-16(9-17(15)26-3)23(19(25)11-27-18)10-14-4-6-22-7-5-14/h4-9H,10-11,21H2,1-3H3. The van der Waals surface area contributed by atoms with E-state index in [0.29, 0.717) is 40.6 Å². The van der Waals surface area contributed by atoms with Crippen LogP contribution >= 0.6 is 0 Å². The lowest BCUT2D eigenvalue weighted by atomic mass is 9.98. The van der Waals surface area contributed by atoms with E-state index in [1.54, 1.807) is 36.4 Å². The zero-order chi connectivity index (χ0) is 19.6. The van der Waals surface area contributed by atoms with Crippen molar-refractivity contribution in [3.8, 4) is 11.5 Å². The molecule has 27 heavy (non-hydrogen) atoms. The highest BCUT2D eigenvalue weighted by Crippen LogP contribution is 2.41. The SMILES string of the molecule is COc1cc2c(cc1C(C(C)=O)=C(C)N)OCC(=O)N2Cc1ccncc1. The molecule has 0 unspecified atom stereocenters. The van der Waals surface area contributed by atoms with Gasteiger partial charge in [0.1, 0.15) is 11.5 Å². The number of ketones is 1. The third kappa shape index (κ3) is 3.62. The van der Waals surface area contributed by atoms with Crippen molar-refractivity contribution in [3.63, 3.8) is 0 Å². The van der Waals surface area contributed by atoms with Crippen molar-refractivity contribution in [3.05, 3.63) is 53.5 Å². The molecule has 7 nitrogen and oxygen atoms in total. The van der Waals surface area contributed by atoms with Gasteiger partial charge in [-0.15, -0.1) is 0 Å². The van der Waals surface area contributed by atoms with E-state index in [1.165, 1.54) is 14.0 Å². The molecule has 0 radical (unpaired) electrons. The molecule has 1 amide bonds. The van der Waals surface area contributed by atoms with Gasteiger partial charge in [0, 0.05) is 35.3 Å². The molecule has 1 aromatic carbocycles. The van der Waals surface area contributed by atoms with Crippen molar-refractivity contribution >= 4 is 23.0 Å². The summed E-state index contributed by atoms with van der Waals surface area (Å²) >= 11 is 0. The van der Waals surface area contributed by atoms with Crippen molar-refractivity contribution < 1.29 is 19.1 Å². The van der Waals surface area contributed by atoms with Crippen LogP contribution in [0, 0.1) is 0 Å². The summed E-state index contributed by atoms with van der Waals surface area (Å²) in [6, 6.07) is 7.10. The number of pyridine rings is 1. The van der Waals surface area contributed by atoms with Gasteiger partial charge in [-0.2, -0.15) is 0 Å². The smallest absolute Gasteiger partial charge is 0.265 e. The number of ether oxygens (including phenoxy) is 2. The monoisotopic (exact) mass is 367 g/mol. The Balaban J connectivity index is 2.10.